The normalized spacial score (nSPS) is 10.1. The maximum Gasteiger partial charge on any atom is 0.269 e. The first-order valence-corrected chi connectivity index (χ1v) is 6.41. The van der Waals surface area contributed by atoms with E-state index in [-0.39, 0.29) is 17.9 Å². The summed E-state index contributed by atoms with van der Waals surface area (Å²) < 4.78 is 5.02. The molecule has 0 aliphatic heterocycles. The lowest BCUT2D eigenvalue weighted by atomic mass is 10.2. The van der Waals surface area contributed by atoms with E-state index in [0.717, 1.165) is 0 Å². The van der Waals surface area contributed by atoms with Crippen molar-refractivity contribution in [2.75, 3.05) is 13.2 Å². The highest BCUT2D eigenvalue weighted by atomic mass is 35.5. The summed E-state index contributed by atoms with van der Waals surface area (Å²) in [7, 11) is 0. The van der Waals surface area contributed by atoms with Crippen LogP contribution in [-0.2, 0) is 9.53 Å². The molecule has 0 fully saturated rings. The first-order valence-electron chi connectivity index (χ1n) is 5.66. The highest BCUT2D eigenvalue weighted by molar-refractivity contribution is 6.35. The number of hydrogen-bond donors (Lipinski definition) is 2. The van der Waals surface area contributed by atoms with Gasteiger partial charge in [-0.3, -0.25) is 20.4 Å². The van der Waals surface area contributed by atoms with Crippen molar-refractivity contribution >= 4 is 35.0 Å². The highest BCUT2D eigenvalue weighted by Crippen LogP contribution is 2.18. The molecule has 0 heterocycles. The van der Waals surface area contributed by atoms with Gasteiger partial charge in [0.05, 0.1) is 13.0 Å². The Bertz CT molecular complexity index is 446. The van der Waals surface area contributed by atoms with Crippen LogP contribution in [0.4, 0.5) is 0 Å². The summed E-state index contributed by atoms with van der Waals surface area (Å²) in [6, 6.07) is 4.42. The number of ether oxygens (including phenoxy) is 1. The minimum Gasteiger partial charge on any atom is -0.381 e. The molecule has 0 unspecified atom stereocenters. The largest absolute Gasteiger partial charge is 0.381 e. The van der Waals surface area contributed by atoms with Crippen molar-refractivity contribution in [2.45, 2.75) is 13.3 Å². The molecule has 2 amide bonds. The minimum absolute atomic E-state index is 0.171. The standard InChI is InChI=1S/C12H14Cl2N2O3/c1-2-19-4-3-11(17)15-16-12(18)8-5-9(13)7-10(14)6-8/h5-7H,2-4H2,1H3,(H,15,17)(H,16,18). The Morgan fingerprint density at radius 3 is 2.37 bits per heavy atom. The second-order valence-corrected chi connectivity index (χ2v) is 4.48. The molecule has 0 aliphatic rings. The number of amides is 2. The Morgan fingerprint density at radius 1 is 1.16 bits per heavy atom. The average molecular weight is 305 g/mol. The summed E-state index contributed by atoms with van der Waals surface area (Å²) >= 11 is 11.5. The zero-order valence-electron chi connectivity index (χ0n) is 10.3. The molecule has 5 nitrogen and oxygen atoms in total. The van der Waals surface area contributed by atoms with Crippen molar-refractivity contribution in [3.8, 4) is 0 Å². The molecule has 2 N–H and O–H groups in total. The smallest absolute Gasteiger partial charge is 0.269 e. The van der Waals surface area contributed by atoms with Gasteiger partial charge in [-0.2, -0.15) is 0 Å². The number of carbonyl (C=O) groups excluding carboxylic acids is 2. The van der Waals surface area contributed by atoms with Crippen LogP contribution in [0.1, 0.15) is 23.7 Å². The lowest BCUT2D eigenvalue weighted by molar-refractivity contribution is -0.122. The fourth-order valence-electron chi connectivity index (χ4n) is 1.26. The topological polar surface area (TPSA) is 67.4 Å². The quantitative estimate of drug-likeness (QED) is 0.647. The molecule has 7 heteroatoms. The second kappa shape index (κ2) is 7.99. The monoisotopic (exact) mass is 304 g/mol. The van der Waals surface area contributed by atoms with Crippen LogP contribution in [0, 0.1) is 0 Å². The van der Waals surface area contributed by atoms with E-state index in [4.69, 9.17) is 27.9 Å². The number of halogens is 2. The van der Waals surface area contributed by atoms with Gasteiger partial charge in [-0.05, 0) is 25.1 Å². The lowest BCUT2D eigenvalue weighted by Gasteiger charge is -2.08. The average Bonchev–Trinajstić information content (AvgIpc) is 2.35. The zero-order chi connectivity index (χ0) is 14.3. The molecular formula is C12H14Cl2N2O3. The summed E-state index contributed by atoms with van der Waals surface area (Å²) in [5.74, 6) is -0.830. The van der Waals surface area contributed by atoms with Gasteiger partial charge < -0.3 is 4.74 Å². The summed E-state index contributed by atoms with van der Waals surface area (Å²) in [5, 5.41) is 0.695. The number of hydrogen-bond acceptors (Lipinski definition) is 3. The Kier molecular flexibility index (Phi) is 6.62. The number of rotatable bonds is 5. The van der Waals surface area contributed by atoms with Crippen molar-refractivity contribution in [2.24, 2.45) is 0 Å². The van der Waals surface area contributed by atoms with Crippen LogP contribution in [0.25, 0.3) is 0 Å². The van der Waals surface area contributed by atoms with Crippen LogP contribution < -0.4 is 10.9 Å². The van der Waals surface area contributed by atoms with Crippen molar-refractivity contribution in [3.63, 3.8) is 0 Å². The van der Waals surface area contributed by atoms with E-state index in [1.807, 2.05) is 6.92 Å². The molecule has 0 aromatic heterocycles. The van der Waals surface area contributed by atoms with E-state index >= 15 is 0 Å². The Hall–Kier alpha value is -1.30. The van der Waals surface area contributed by atoms with E-state index < -0.39 is 5.91 Å². The molecule has 0 aliphatic carbocycles. The van der Waals surface area contributed by atoms with E-state index in [0.29, 0.717) is 23.3 Å². The number of carbonyl (C=O) groups is 2. The SMILES string of the molecule is CCOCCC(=O)NNC(=O)c1cc(Cl)cc(Cl)c1. The maximum atomic E-state index is 11.7. The Morgan fingerprint density at radius 2 is 1.79 bits per heavy atom. The van der Waals surface area contributed by atoms with Gasteiger partial charge in [-0.15, -0.1) is 0 Å². The summed E-state index contributed by atoms with van der Waals surface area (Å²) in [4.78, 5) is 23.0. The molecule has 0 saturated heterocycles. The van der Waals surface area contributed by atoms with Gasteiger partial charge in [0, 0.05) is 22.2 Å². The highest BCUT2D eigenvalue weighted by Gasteiger charge is 2.09. The van der Waals surface area contributed by atoms with Crippen molar-refractivity contribution < 1.29 is 14.3 Å². The maximum absolute atomic E-state index is 11.7. The zero-order valence-corrected chi connectivity index (χ0v) is 11.8. The van der Waals surface area contributed by atoms with Gasteiger partial charge in [-0.1, -0.05) is 23.2 Å². The van der Waals surface area contributed by atoms with Gasteiger partial charge in [0.2, 0.25) is 5.91 Å². The second-order valence-electron chi connectivity index (χ2n) is 3.61. The van der Waals surface area contributed by atoms with Crippen LogP contribution >= 0.6 is 23.2 Å². The lowest BCUT2D eigenvalue weighted by Crippen LogP contribution is -2.41. The number of benzene rings is 1. The van der Waals surface area contributed by atoms with Crippen LogP contribution in [0.15, 0.2) is 18.2 Å². The summed E-state index contributed by atoms with van der Waals surface area (Å²) in [5.41, 5.74) is 4.81. The van der Waals surface area contributed by atoms with E-state index in [2.05, 4.69) is 10.9 Å². The molecular weight excluding hydrogens is 291 g/mol. The molecule has 0 atom stereocenters. The predicted molar refractivity (Wildman–Crippen MR) is 73.2 cm³/mol. The van der Waals surface area contributed by atoms with Crippen molar-refractivity contribution in [1.82, 2.24) is 10.9 Å². The van der Waals surface area contributed by atoms with E-state index in [1.54, 1.807) is 0 Å². The van der Waals surface area contributed by atoms with Gasteiger partial charge in [0.1, 0.15) is 0 Å². The van der Waals surface area contributed by atoms with Crippen molar-refractivity contribution in [1.29, 1.82) is 0 Å². The van der Waals surface area contributed by atoms with Gasteiger partial charge in [0.25, 0.3) is 5.91 Å². The molecule has 0 saturated carbocycles. The van der Waals surface area contributed by atoms with Crippen LogP contribution in [0.3, 0.4) is 0 Å². The first kappa shape index (κ1) is 15.8. The Balaban J connectivity index is 2.44. The summed E-state index contributed by atoms with van der Waals surface area (Å²) in [6.07, 6.45) is 0.171. The molecule has 0 spiro atoms. The van der Waals surface area contributed by atoms with E-state index in [9.17, 15) is 9.59 Å². The minimum atomic E-state index is -0.492. The van der Waals surface area contributed by atoms with Crippen LogP contribution in [0.5, 0.6) is 0 Å². The third-order valence-corrected chi connectivity index (χ3v) is 2.55. The van der Waals surface area contributed by atoms with Gasteiger partial charge in [0.15, 0.2) is 0 Å². The summed E-state index contributed by atoms with van der Waals surface area (Å²) in [6.45, 7) is 2.68. The third kappa shape index (κ3) is 5.92. The Labute approximate surface area is 121 Å². The predicted octanol–water partition coefficient (Wildman–Crippen LogP) is 2.18. The molecule has 0 radical (unpaired) electrons. The van der Waals surface area contributed by atoms with Gasteiger partial charge in [-0.25, -0.2) is 0 Å². The van der Waals surface area contributed by atoms with Crippen LogP contribution in [0.2, 0.25) is 10.0 Å². The number of nitrogens with one attached hydrogen (secondary N) is 2. The molecule has 1 aromatic carbocycles. The van der Waals surface area contributed by atoms with Crippen LogP contribution in [-0.4, -0.2) is 25.0 Å². The first-order chi connectivity index (χ1) is 9.02. The fraction of sp³-hybridized carbons (Fsp3) is 0.333. The van der Waals surface area contributed by atoms with Gasteiger partial charge >= 0.3 is 0 Å². The van der Waals surface area contributed by atoms with E-state index in [1.165, 1.54) is 18.2 Å². The fourth-order valence-corrected chi connectivity index (χ4v) is 1.78. The number of hydrazine groups is 1. The molecule has 0 bridgehead atoms. The molecule has 1 rings (SSSR count). The molecule has 1 aromatic rings. The third-order valence-electron chi connectivity index (χ3n) is 2.12. The molecule has 19 heavy (non-hydrogen) atoms. The molecule has 104 valence electrons. The van der Waals surface area contributed by atoms with Crippen molar-refractivity contribution in [3.05, 3.63) is 33.8 Å².